The fraction of sp³-hybridized carbons (Fsp3) is 0.471. The van der Waals surface area contributed by atoms with E-state index in [1.807, 2.05) is 24.4 Å². The minimum absolute atomic E-state index is 0.0550. The van der Waals surface area contributed by atoms with Crippen molar-refractivity contribution >= 4 is 16.8 Å². The maximum atomic E-state index is 12.2. The zero-order chi connectivity index (χ0) is 15.2. The van der Waals surface area contributed by atoms with E-state index in [-0.39, 0.29) is 11.9 Å². The van der Waals surface area contributed by atoms with Crippen LogP contribution in [0.25, 0.3) is 10.9 Å². The second-order valence-corrected chi connectivity index (χ2v) is 5.57. The van der Waals surface area contributed by atoms with E-state index in [1.165, 1.54) is 0 Å². The first-order valence-corrected chi connectivity index (χ1v) is 7.76. The number of carbonyl (C=O) groups is 1. The molecule has 114 valence electrons. The number of rotatable bonds is 7. The highest BCUT2D eigenvalue weighted by molar-refractivity contribution is 5.86. The Bertz CT molecular complexity index is 590. The lowest BCUT2D eigenvalue weighted by molar-refractivity contribution is -0.123. The SMILES string of the molecule is CCCC(CC)NC(=O)[C@@H](N)Cc1c[nH]c2ccccc12. The Morgan fingerprint density at radius 1 is 1.33 bits per heavy atom. The molecule has 1 unspecified atom stereocenters. The first-order chi connectivity index (χ1) is 10.2. The van der Waals surface area contributed by atoms with Crippen molar-refractivity contribution in [1.82, 2.24) is 10.3 Å². The summed E-state index contributed by atoms with van der Waals surface area (Å²) in [4.78, 5) is 15.4. The molecule has 0 aliphatic rings. The molecule has 0 saturated carbocycles. The lowest BCUT2D eigenvalue weighted by Gasteiger charge is -2.19. The van der Waals surface area contributed by atoms with Crippen molar-refractivity contribution < 1.29 is 4.79 Å². The van der Waals surface area contributed by atoms with Crippen molar-refractivity contribution in [3.63, 3.8) is 0 Å². The Morgan fingerprint density at radius 2 is 2.10 bits per heavy atom. The molecule has 4 nitrogen and oxygen atoms in total. The van der Waals surface area contributed by atoms with Gasteiger partial charge in [-0.2, -0.15) is 0 Å². The van der Waals surface area contributed by atoms with Gasteiger partial charge in [-0.1, -0.05) is 38.5 Å². The molecule has 0 radical (unpaired) electrons. The maximum absolute atomic E-state index is 12.2. The van der Waals surface area contributed by atoms with E-state index in [0.717, 1.165) is 35.7 Å². The summed E-state index contributed by atoms with van der Waals surface area (Å²) in [7, 11) is 0. The number of nitrogens with one attached hydrogen (secondary N) is 2. The van der Waals surface area contributed by atoms with Gasteiger partial charge in [0.25, 0.3) is 0 Å². The molecule has 0 spiro atoms. The molecular weight excluding hydrogens is 262 g/mol. The number of hydrogen-bond acceptors (Lipinski definition) is 2. The summed E-state index contributed by atoms with van der Waals surface area (Å²) in [5.74, 6) is -0.0550. The first-order valence-electron chi connectivity index (χ1n) is 7.76. The average Bonchev–Trinajstić information content (AvgIpc) is 2.90. The molecule has 0 fully saturated rings. The fourth-order valence-corrected chi connectivity index (χ4v) is 2.67. The van der Waals surface area contributed by atoms with Crippen LogP contribution in [0, 0.1) is 0 Å². The topological polar surface area (TPSA) is 70.9 Å². The molecule has 4 N–H and O–H groups in total. The number of carbonyl (C=O) groups excluding carboxylic acids is 1. The second-order valence-electron chi connectivity index (χ2n) is 5.57. The molecule has 2 aromatic rings. The van der Waals surface area contributed by atoms with Crippen molar-refractivity contribution in [3.05, 3.63) is 36.0 Å². The summed E-state index contributed by atoms with van der Waals surface area (Å²) in [5.41, 5.74) is 8.25. The van der Waals surface area contributed by atoms with Crippen LogP contribution in [0.5, 0.6) is 0 Å². The third-order valence-corrected chi connectivity index (χ3v) is 3.93. The van der Waals surface area contributed by atoms with Gasteiger partial charge in [0.2, 0.25) is 5.91 Å². The Morgan fingerprint density at radius 3 is 2.81 bits per heavy atom. The van der Waals surface area contributed by atoms with Crippen molar-refractivity contribution in [1.29, 1.82) is 0 Å². The van der Waals surface area contributed by atoms with E-state index in [4.69, 9.17) is 5.73 Å². The van der Waals surface area contributed by atoms with Gasteiger partial charge in [0, 0.05) is 23.1 Å². The van der Waals surface area contributed by atoms with E-state index < -0.39 is 6.04 Å². The number of aromatic amines is 1. The van der Waals surface area contributed by atoms with Gasteiger partial charge in [-0.05, 0) is 30.9 Å². The quantitative estimate of drug-likeness (QED) is 0.732. The third-order valence-electron chi connectivity index (χ3n) is 3.93. The van der Waals surface area contributed by atoms with Gasteiger partial charge in [0.1, 0.15) is 0 Å². The first kappa shape index (κ1) is 15.6. The molecule has 0 aliphatic carbocycles. The van der Waals surface area contributed by atoms with E-state index in [1.54, 1.807) is 0 Å². The molecule has 0 bridgehead atoms. The van der Waals surface area contributed by atoms with Gasteiger partial charge in [-0.25, -0.2) is 0 Å². The summed E-state index contributed by atoms with van der Waals surface area (Å²) in [6.45, 7) is 4.21. The Labute approximate surface area is 126 Å². The fourth-order valence-electron chi connectivity index (χ4n) is 2.67. The van der Waals surface area contributed by atoms with Gasteiger partial charge >= 0.3 is 0 Å². The van der Waals surface area contributed by atoms with E-state index in [9.17, 15) is 4.79 Å². The normalized spacial score (nSPS) is 14.0. The zero-order valence-corrected chi connectivity index (χ0v) is 12.9. The Balaban J connectivity index is 2.00. The summed E-state index contributed by atoms with van der Waals surface area (Å²) in [6, 6.07) is 7.80. The van der Waals surface area contributed by atoms with Crippen LogP contribution in [0.3, 0.4) is 0 Å². The van der Waals surface area contributed by atoms with Gasteiger partial charge < -0.3 is 16.0 Å². The van der Waals surface area contributed by atoms with Crippen LogP contribution in [0.15, 0.2) is 30.5 Å². The number of amides is 1. The molecule has 2 rings (SSSR count). The molecule has 4 heteroatoms. The van der Waals surface area contributed by atoms with Crippen LogP contribution < -0.4 is 11.1 Å². The number of hydrogen-bond donors (Lipinski definition) is 3. The second kappa shape index (κ2) is 7.27. The highest BCUT2D eigenvalue weighted by Gasteiger charge is 2.18. The third kappa shape index (κ3) is 3.85. The van der Waals surface area contributed by atoms with Gasteiger partial charge in [-0.15, -0.1) is 0 Å². The number of nitrogens with two attached hydrogens (primary N) is 1. The standard InChI is InChI=1S/C17H25N3O/c1-3-7-13(4-2)20-17(21)15(18)10-12-11-19-16-9-6-5-8-14(12)16/h5-6,8-9,11,13,15,19H,3-4,7,10,18H2,1-2H3,(H,20,21)/t13?,15-/m0/s1. The molecule has 1 aromatic carbocycles. The van der Waals surface area contributed by atoms with Gasteiger partial charge in [0.05, 0.1) is 6.04 Å². The summed E-state index contributed by atoms with van der Waals surface area (Å²) >= 11 is 0. The molecule has 2 atom stereocenters. The molecule has 1 amide bonds. The highest BCUT2D eigenvalue weighted by atomic mass is 16.2. The zero-order valence-electron chi connectivity index (χ0n) is 12.9. The van der Waals surface area contributed by atoms with Crippen LogP contribution in [0.2, 0.25) is 0 Å². The highest BCUT2D eigenvalue weighted by Crippen LogP contribution is 2.18. The van der Waals surface area contributed by atoms with E-state index in [2.05, 4.69) is 30.2 Å². The van der Waals surface area contributed by atoms with Crippen molar-refractivity contribution in [2.75, 3.05) is 0 Å². The number of para-hydroxylation sites is 1. The van der Waals surface area contributed by atoms with Crippen LogP contribution in [0.4, 0.5) is 0 Å². The molecule has 0 saturated heterocycles. The lowest BCUT2D eigenvalue weighted by atomic mass is 10.0. The number of aromatic nitrogens is 1. The minimum atomic E-state index is -0.505. The molecule has 21 heavy (non-hydrogen) atoms. The van der Waals surface area contributed by atoms with Crippen LogP contribution >= 0.6 is 0 Å². The van der Waals surface area contributed by atoms with E-state index in [0.29, 0.717) is 6.42 Å². The van der Waals surface area contributed by atoms with E-state index >= 15 is 0 Å². The summed E-state index contributed by atoms with van der Waals surface area (Å²) in [5, 5.41) is 4.19. The van der Waals surface area contributed by atoms with Crippen LogP contribution in [0.1, 0.15) is 38.7 Å². The Kier molecular flexibility index (Phi) is 5.39. The number of fused-ring (bicyclic) bond motifs is 1. The predicted molar refractivity (Wildman–Crippen MR) is 87.1 cm³/mol. The average molecular weight is 287 g/mol. The monoisotopic (exact) mass is 287 g/mol. The molecular formula is C17H25N3O. The van der Waals surface area contributed by atoms with Gasteiger partial charge in [0.15, 0.2) is 0 Å². The molecule has 1 aromatic heterocycles. The summed E-state index contributed by atoms with van der Waals surface area (Å²) in [6.07, 6.45) is 5.51. The largest absolute Gasteiger partial charge is 0.361 e. The minimum Gasteiger partial charge on any atom is -0.361 e. The molecule has 0 aliphatic heterocycles. The summed E-state index contributed by atoms with van der Waals surface area (Å²) < 4.78 is 0. The van der Waals surface area contributed by atoms with Gasteiger partial charge in [-0.3, -0.25) is 4.79 Å². The van der Waals surface area contributed by atoms with Crippen molar-refractivity contribution in [3.8, 4) is 0 Å². The molecule has 1 heterocycles. The number of H-pyrrole nitrogens is 1. The smallest absolute Gasteiger partial charge is 0.237 e. The Hall–Kier alpha value is -1.81. The maximum Gasteiger partial charge on any atom is 0.237 e. The lowest BCUT2D eigenvalue weighted by Crippen LogP contribution is -2.46. The predicted octanol–water partition coefficient (Wildman–Crippen LogP) is 2.73. The van der Waals surface area contributed by atoms with Crippen molar-refractivity contribution in [2.24, 2.45) is 5.73 Å². The van der Waals surface area contributed by atoms with Crippen LogP contribution in [-0.2, 0) is 11.2 Å². The van der Waals surface area contributed by atoms with Crippen LogP contribution in [-0.4, -0.2) is 23.0 Å². The number of benzene rings is 1. The van der Waals surface area contributed by atoms with Crippen molar-refractivity contribution in [2.45, 2.75) is 51.6 Å².